The second kappa shape index (κ2) is 15.6. The highest BCUT2D eigenvalue weighted by molar-refractivity contribution is 7.25. The molecule has 3 aromatic heterocycles. The molecule has 0 aliphatic rings. The lowest BCUT2D eigenvalue weighted by Gasteiger charge is -2.11. The number of hydrogen-bond donors (Lipinski definition) is 0. The molecule has 61 heavy (non-hydrogen) atoms. The summed E-state index contributed by atoms with van der Waals surface area (Å²) in [5.41, 5.74) is 9.82. The van der Waals surface area contributed by atoms with Crippen LogP contribution in [0.3, 0.4) is 0 Å². The van der Waals surface area contributed by atoms with Crippen LogP contribution >= 0.6 is 11.3 Å². The summed E-state index contributed by atoms with van der Waals surface area (Å²) < 4.78 is 2.46. The van der Waals surface area contributed by atoms with Gasteiger partial charge in [0.15, 0.2) is 34.9 Å². The first-order valence-electron chi connectivity index (χ1n) is 20.1. The maximum atomic E-state index is 5.12. The molecule has 0 aliphatic heterocycles. The molecule has 7 heteroatoms. The fourth-order valence-corrected chi connectivity index (χ4v) is 8.83. The predicted octanol–water partition coefficient (Wildman–Crippen LogP) is 13.8. The lowest BCUT2D eigenvalue weighted by molar-refractivity contribution is 1.07. The van der Waals surface area contributed by atoms with Crippen LogP contribution in [0.25, 0.3) is 111 Å². The second-order valence-corrected chi connectivity index (χ2v) is 15.8. The van der Waals surface area contributed by atoms with Crippen LogP contribution in [0.1, 0.15) is 0 Å². The van der Waals surface area contributed by atoms with E-state index in [1.54, 1.807) is 11.3 Å². The van der Waals surface area contributed by atoms with Crippen molar-refractivity contribution in [2.24, 2.45) is 0 Å². The van der Waals surface area contributed by atoms with Gasteiger partial charge in [-0.05, 0) is 46.5 Å². The van der Waals surface area contributed by atoms with E-state index >= 15 is 0 Å². The number of benzene rings is 8. The number of thiophene rings is 1. The third-order valence-corrected chi connectivity index (χ3v) is 11.9. The molecule has 0 atom stereocenters. The van der Waals surface area contributed by atoms with Crippen molar-refractivity contribution in [3.63, 3.8) is 0 Å². The van der Waals surface area contributed by atoms with Crippen molar-refractivity contribution in [3.8, 4) is 90.6 Å². The van der Waals surface area contributed by atoms with E-state index < -0.39 is 0 Å². The zero-order valence-electron chi connectivity index (χ0n) is 32.7. The minimum Gasteiger partial charge on any atom is -0.208 e. The highest BCUT2D eigenvalue weighted by atomic mass is 32.1. The molecule has 8 aromatic carbocycles. The molecule has 0 aliphatic carbocycles. The van der Waals surface area contributed by atoms with Gasteiger partial charge in [0.2, 0.25) is 0 Å². The average Bonchev–Trinajstić information content (AvgIpc) is 3.73. The molecule has 0 radical (unpaired) electrons. The van der Waals surface area contributed by atoms with Crippen molar-refractivity contribution < 1.29 is 0 Å². The Morgan fingerprint density at radius 1 is 0.213 bits per heavy atom. The van der Waals surface area contributed by atoms with Crippen LogP contribution in [0.15, 0.2) is 206 Å². The van der Waals surface area contributed by atoms with Gasteiger partial charge >= 0.3 is 0 Å². The van der Waals surface area contributed by atoms with Gasteiger partial charge in [0.25, 0.3) is 0 Å². The van der Waals surface area contributed by atoms with E-state index in [0.29, 0.717) is 34.9 Å². The van der Waals surface area contributed by atoms with Crippen molar-refractivity contribution in [3.05, 3.63) is 206 Å². The molecule has 0 spiro atoms. The number of aromatic nitrogens is 6. The van der Waals surface area contributed by atoms with Crippen LogP contribution in [-0.2, 0) is 0 Å². The topological polar surface area (TPSA) is 77.3 Å². The van der Waals surface area contributed by atoms with Crippen LogP contribution in [0, 0.1) is 0 Å². The molecule has 0 fully saturated rings. The highest BCUT2D eigenvalue weighted by Crippen LogP contribution is 2.37. The van der Waals surface area contributed by atoms with Crippen molar-refractivity contribution in [1.82, 2.24) is 29.9 Å². The molecule has 6 nitrogen and oxygen atoms in total. The van der Waals surface area contributed by atoms with Gasteiger partial charge in [-0.3, -0.25) is 0 Å². The van der Waals surface area contributed by atoms with Crippen LogP contribution < -0.4 is 0 Å². The van der Waals surface area contributed by atoms with E-state index in [-0.39, 0.29) is 0 Å². The quantitative estimate of drug-likeness (QED) is 0.152. The maximum absolute atomic E-state index is 5.12. The van der Waals surface area contributed by atoms with Gasteiger partial charge < -0.3 is 0 Å². The number of hydrogen-bond acceptors (Lipinski definition) is 7. The van der Waals surface area contributed by atoms with Gasteiger partial charge in [-0.25, -0.2) is 29.9 Å². The minimum atomic E-state index is 0.596. The Bertz CT molecular complexity index is 3350. The molecule has 0 N–H and O–H groups in total. The lowest BCUT2D eigenvalue weighted by atomic mass is 10.0. The van der Waals surface area contributed by atoms with Crippen molar-refractivity contribution in [1.29, 1.82) is 0 Å². The number of fused-ring (bicyclic) bond motifs is 3. The third-order valence-electron chi connectivity index (χ3n) is 10.8. The Morgan fingerprint density at radius 3 is 1.07 bits per heavy atom. The van der Waals surface area contributed by atoms with E-state index in [2.05, 4.69) is 140 Å². The SMILES string of the molecule is c1ccc(-c2ccc(-c3nc(-c4ccccc4)nc(-c4cccc(-c5cccc(-c6nc(-c7ccccc7)nc(-c7ccc8c(c7)sc7ccccc78)n6)c5)c4)n3)cc2)cc1. The molecule has 0 unspecified atom stereocenters. The van der Waals surface area contributed by atoms with E-state index in [0.717, 1.165) is 55.6 Å². The Labute approximate surface area is 356 Å². The third kappa shape index (κ3) is 7.24. The number of nitrogens with zero attached hydrogens (tertiary/aromatic N) is 6. The van der Waals surface area contributed by atoms with Crippen LogP contribution in [0.2, 0.25) is 0 Å². The van der Waals surface area contributed by atoms with Crippen molar-refractivity contribution in [2.45, 2.75) is 0 Å². The van der Waals surface area contributed by atoms with Crippen LogP contribution in [0.4, 0.5) is 0 Å². The first-order chi connectivity index (χ1) is 30.2. The maximum Gasteiger partial charge on any atom is 0.164 e. The first kappa shape index (κ1) is 36.1. The fourth-order valence-electron chi connectivity index (χ4n) is 7.68. The molecule has 0 bridgehead atoms. The van der Waals surface area contributed by atoms with E-state index in [4.69, 9.17) is 29.9 Å². The smallest absolute Gasteiger partial charge is 0.164 e. The van der Waals surface area contributed by atoms with Gasteiger partial charge in [0.05, 0.1) is 0 Å². The first-order valence-corrected chi connectivity index (χ1v) is 20.9. The largest absolute Gasteiger partial charge is 0.208 e. The standard InChI is InChI=1S/C54H34N6S/c1-4-14-35(15-5-1)36-26-28-39(29-27-36)51-55-49(37-16-6-2-7-17-37)56-52(59-51)42-22-12-20-40(32-42)41-21-13-23-43(33-41)53-57-50(38-18-8-3-9-19-38)58-54(60-53)44-30-31-46-45-24-10-11-25-47(45)61-48(46)34-44/h1-34H. The molecule has 286 valence electrons. The summed E-state index contributed by atoms with van der Waals surface area (Å²) in [6, 6.07) is 70.7. The molecule has 0 saturated heterocycles. The zero-order valence-corrected chi connectivity index (χ0v) is 33.5. The molecular weight excluding hydrogens is 765 g/mol. The van der Waals surface area contributed by atoms with Gasteiger partial charge in [0.1, 0.15) is 0 Å². The van der Waals surface area contributed by atoms with Gasteiger partial charge in [-0.1, -0.05) is 182 Å². The normalized spacial score (nSPS) is 11.3. The van der Waals surface area contributed by atoms with Gasteiger partial charge in [0, 0.05) is 53.6 Å². The van der Waals surface area contributed by atoms with Crippen molar-refractivity contribution in [2.75, 3.05) is 0 Å². The van der Waals surface area contributed by atoms with Gasteiger partial charge in [-0.2, -0.15) is 0 Å². The lowest BCUT2D eigenvalue weighted by Crippen LogP contribution is -2.00. The average molecular weight is 799 g/mol. The van der Waals surface area contributed by atoms with Crippen molar-refractivity contribution >= 4 is 31.5 Å². The van der Waals surface area contributed by atoms with E-state index in [9.17, 15) is 0 Å². The Morgan fingerprint density at radius 2 is 0.541 bits per heavy atom. The van der Waals surface area contributed by atoms with Crippen LogP contribution in [0.5, 0.6) is 0 Å². The van der Waals surface area contributed by atoms with Crippen LogP contribution in [-0.4, -0.2) is 29.9 Å². The molecule has 0 saturated carbocycles. The minimum absolute atomic E-state index is 0.596. The molecule has 3 heterocycles. The van der Waals surface area contributed by atoms with E-state index in [1.165, 1.54) is 20.2 Å². The monoisotopic (exact) mass is 798 g/mol. The molecule has 0 amide bonds. The summed E-state index contributed by atoms with van der Waals surface area (Å²) in [6.45, 7) is 0. The molecular formula is C54H34N6S. The predicted molar refractivity (Wildman–Crippen MR) is 250 cm³/mol. The molecule has 11 rings (SSSR count). The van der Waals surface area contributed by atoms with Gasteiger partial charge in [-0.15, -0.1) is 11.3 Å². The van der Waals surface area contributed by atoms with E-state index in [1.807, 2.05) is 66.7 Å². The number of rotatable bonds is 8. The summed E-state index contributed by atoms with van der Waals surface area (Å²) in [5.74, 6) is 3.68. The Balaban J connectivity index is 0.977. The second-order valence-electron chi connectivity index (χ2n) is 14.8. The summed E-state index contributed by atoms with van der Waals surface area (Å²) in [7, 11) is 0. The Kier molecular flexibility index (Phi) is 9.26. The summed E-state index contributed by atoms with van der Waals surface area (Å²) in [6.07, 6.45) is 0. The Hall–Kier alpha value is -8.00. The molecule has 11 aromatic rings. The summed E-state index contributed by atoms with van der Waals surface area (Å²) in [5, 5.41) is 2.50. The fraction of sp³-hybridized carbons (Fsp3) is 0. The summed E-state index contributed by atoms with van der Waals surface area (Å²) >= 11 is 1.79. The highest BCUT2D eigenvalue weighted by Gasteiger charge is 2.17. The summed E-state index contributed by atoms with van der Waals surface area (Å²) in [4.78, 5) is 30.2. The zero-order chi connectivity index (χ0) is 40.5.